The maximum atomic E-state index is 11.9. The maximum absolute atomic E-state index is 11.9. The smallest absolute Gasteiger partial charge is 0.312 e. The highest BCUT2D eigenvalue weighted by atomic mass is 79.9. The molecule has 0 fully saturated rings. The first kappa shape index (κ1) is 17.1. The summed E-state index contributed by atoms with van der Waals surface area (Å²) in [6, 6.07) is 0. The Labute approximate surface area is 140 Å². The predicted octanol–water partition coefficient (Wildman–Crippen LogP) is 1.49. The fourth-order valence-corrected chi connectivity index (χ4v) is 2.56. The molecule has 2 heterocycles. The minimum Gasteiger partial charge on any atom is -0.353 e. The van der Waals surface area contributed by atoms with Crippen LogP contribution in [0.3, 0.4) is 0 Å². The number of nitrogens with zero attached hydrogens (tertiary/aromatic N) is 5. The van der Waals surface area contributed by atoms with Gasteiger partial charge in [0.15, 0.2) is 0 Å². The van der Waals surface area contributed by atoms with Crippen molar-refractivity contribution in [2.45, 2.75) is 33.9 Å². The van der Waals surface area contributed by atoms with Crippen molar-refractivity contribution in [2.75, 3.05) is 6.54 Å². The van der Waals surface area contributed by atoms with Gasteiger partial charge in [0, 0.05) is 12.7 Å². The van der Waals surface area contributed by atoms with Crippen molar-refractivity contribution >= 4 is 27.5 Å². The van der Waals surface area contributed by atoms with E-state index in [9.17, 15) is 14.9 Å². The van der Waals surface area contributed by atoms with Gasteiger partial charge in [0.25, 0.3) is 0 Å². The van der Waals surface area contributed by atoms with Crippen molar-refractivity contribution in [1.29, 1.82) is 0 Å². The van der Waals surface area contributed by atoms with Gasteiger partial charge in [-0.05, 0) is 36.7 Å². The number of rotatable bonds is 6. The Kier molecular flexibility index (Phi) is 5.14. The van der Waals surface area contributed by atoms with Crippen LogP contribution in [0, 0.1) is 30.9 Å². The largest absolute Gasteiger partial charge is 0.353 e. The monoisotopic (exact) mass is 384 g/mol. The van der Waals surface area contributed by atoms with E-state index >= 15 is 0 Å². The number of carbonyl (C=O) groups excluding carboxylic acids is 1. The van der Waals surface area contributed by atoms with Crippen LogP contribution >= 0.6 is 15.9 Å². The lowest BCUT2D eigenvalue weighted by atomic mass is 10.3. The Balaban J connectivity index is 1.88. The minimum atomic E-state index is -0.440. The summed E-state index contributed by atoms with van der Waals surface area (Å²) in [5.41, 5.74) is 1.69. The van der Waals surface area contributed by atoms with Crippen molar-refractivity contribution in [3.8, 4) is 0 Å². The molecule has 2 rings (SSSR count). The first-order chi connectivity index (χ1) is 10.8. The predicted molar refractivity (Wildman–Crippen MR) is 86.0 cm³/mol. The van der Waals surface area contributed by atoms with Gasteiger partial charge >= 0.3 is 5.69 Å². The Hall–Kier alpha value is -2.23. The number of carbonyl (C=O) groups is 1. The number of aromatic nitrogens is 4. The summed E-state index contributed by atoms with van der Waals surface area (Å²) in [7, 11) is 0. The lowest BCUT2D eigenvalue weighted by Gasteiger charge is -2.06. The van der Waals surface area contributed by atoms with Crippen LogP contribution < -0.4 is 5.32 Å². The van der Waals surface area contributed by atoms with E-state index in [1.165, 1.54) is 4.68 Å². The van der Waals surface area contributed by atoms with Gasteiger partial charge in [-0.2, -0.15) is 10.2 Å². The summed E-state index contributed by atoms with van der Waals surface area (Å²) in [6.45, 7) is 5.90. The Morgan fingerprint density at radius 1 is 1.35 bits per heavy atom. The second kappa shape index (κ2) is 6.90. The van der Waals surface area contributed by atoms with Gasteiger partial charge in [-0.1, -0.05) is 0 Å². The van der Waals surface area contributed by atoms with Gasteiger partial charge in [0.05, 0.1) is 21.6 Å². The fourth-order valence-electron chi connectivity index (χ4n) is 2.25. The molecule has 0 unspecified atom stereocenters. The molecule has 0 saturated heterocycles. The number of amides is 1. The molecular weight excluding hydrogens is 368 g/mol. The average molecular weight is 385 g/mol. The number of halogens is 1. The van der Waals surface area contributed by atoms with Crippen molar-refractivity contribution < 1.29 is 9.72 Å². The second-order valence-electron chi connectivity index (χ2n) is 5.11. The van der Waals surface area contributed by atoms with E-state index in [0.29, 0.717) is 24.5 Å². The number of aryl methyl sites for hydroxylation is 2. The van der Waals surface area contributed by atoms with Crippen LogP contribution in [0.15, 0.2) is 10.7 Å². The Bertz CT molecular complexity index is 732. The highest BCUT2D eigenvalue weighted by molar-refractivity contribution is 9.10. The molecular formula is C13H17BrN6O3. The Morgan fingerprint density at radius 2 is 2.04 bits per heavy atom. The van der Waals surface area contributed by atoms with Gasteiger partial charge in [-0.25, -0.2) is 0 Å². The molecule has 0 spiro atoms. The third-order valence-electron chi connectivity index (χ3n) is 3.36. The molecule has 0 aliphatic heterocycles. The van der Waals surface area contributed by atoms with E-state index in [4.69, 9.17) is 0 Å². The van der Waals surface area contributed by atoms with E-state index in [-0.39, 0.29) is 18.1 Å². The summed E-state index contributed by atoms with van der Waals surface area (Å²) in [5.74, 6) is -0.184. The van der Waals surface area contributed by atoms with Gasteiger partial charge in [0.1, 0.15) is 17.9 Å². The highest BCUT2D eigenvalue weighted by Crippen LogP contribution is 2.21. The zero-order valence-corrected chi connectivity index (χ0v) is 14.6. The van der Waals surface area contributed by atoms with E-state index in [2.05, 4.69) is 31.4 Å². The molecule has 0 saturated carbocycles. The number of nitrogens with one attached hydrogen (secondary N) is 1. The van der Waals surface area contributed by atoms with E-state index < -0.39 is 4.92 Å². The molecule has 0 atom stereocenters. The maximum Gasteiger partial charge on any atom is 0.312 e. The lowest BCUT2D eigenvalue weighted by Crippen LogP contribution is -2.31. The molecule has 2 aromatic heterocycles. The van der Waals surface area contributed by atoms with Crippen molar-refractivity contribution in [1.82, 2.24) is 24.9 Å². The summed E-state index contributed by atoms with van der Waals surface area (Å²) in [5, 5.41) is 22.0. The van der Waals surface area contributed by atoms with Crippen LogP contribution in [0.1, 0.15) is 17.1 Å². The normalized spacial score (nSPS) is 10.8. The molecule has 9 nitrogen and oxygen atoms in total. The van der Waals surface area contributed by atoms with Gasteiger partial charge in [-0.15, -0.1) is 0 Å². The third kappa shape index (κ3) is 3.95. The highest BCUT2D eigenvalue weighted by Gasteiger charge is 2.21. The molecule has 10 heteroatoms. The first-order valence-corrected chi connectivity index (χ1v) is 7.73. The quantitative estimate of drug-likeness (QED) is 0.599. The molecule has 0 bridgehead atoms. The first-order valence-electron chi connectivity index (χ1n) is 6.94. The number of hydrogen-bond donors (Lipinski definition) is 1. The van der Waals surface area contributed by atoms with Crippen LogP contribution in [-0.2, 0) is 17.9 Å². The molecule has 2 aromatic rings. The molecule has 1 amide bonds. The Morgan fingerprint density at radius 3 is 2.57 bits per heavy atom. The average Bonchev–Trinajstić information content (AvgIpc) is 2.89. The number of hydrogen-bond acceptors (Lipinski definition) is 5. The second-order valence-corrected chi connectivity index (χ2v) is 5.96. The van der Waals surface area contributed by atoms with Crippen molar-refractivity contribution in [3.63, 3.8) is 0 Å². The third-order valence-corrected chi connectivity index (χ3v) is 4.14. The topological polar surface area (TPSA) is 108 Å². The van der Waals surface area contributed by atoms with Gasteiger partial charge < -0.3 is 5.32 Å². The van der Waals surface area contributed by atoms with Gasteiger partial charge in [-0.3, -0.25) is 24.3 Å². The lowest BCUT2D eigenvalue weighted by molar-refractivity contribution is -0.386. The summed E-state index contributed by atoms with van der Waals surface area (Å²) in [6.07, 6.45) is 1.74. The van der Waals surface area contributed by atoms with Crippen LogP contribution in [0.4, 0.5) is 5.69 Å². The van der Waals surface area contributed by atoms with Crippen LogP contribution in [0.2, 0.25) is 0 Å². The summed E-state index contributed by atoms with van der Waals surface area (Å²) in [4.78, 5) is 22.4. The van der Waals surface area contributed by atoms with Crippen LogP contribution in [0.25, 0.3) is 0 Å². The summed E-state index contributed by atoms with van der Waals surface area (Å²) >= 11 is 3.34. The number of nitro groups is 1. The minimum absolute atomic E-state index is 0.0215. The zero-order chi connectivity index (χ0) is 17.1. The molecule has 23 heavy (non-hydrogen) atoms. The van der Waals surface area contributed by atoms with Crippen molar-refractivity contribution in [2.24, 2.45) is 0 Å². The van der Waals surface area contributed by atoms with E-state index in [1.807, 2.05) is 6.92 Å². The standard InChI is InChI=1S/C13H17BrN6O3/c1-8-11(14)6-18(16-8)7-12(21)15-4-5-19-10(3)13(20(22)23)9(2)17-19/h6H,4-5,7H2,1-3H3,(H,15,21). The molecule has 0 aromatic carbocycles. The van der Waals surface area contributed by atoms with Crippen molar-refractivity contribution in [3.05, 3.63) is 37.9 Å². The molecule has 0 aliphatic rings. The SMILES string of the molecule is Cc1nn(CC(=O)NCCn2nc(C)c([N+](=O)[O-])c2C)cc1Br. The van der Waals surface area contributed by atoms with E-state index in [1.54, 1.807) is 24.7 Å². The molecule has 1 N–H and O–H groups in total. The molecule has 124 valence electrons. The van der Waals surface area contributed by atoms with Crippen LogP contribution in [-0.4, -0.2) is 36.9 Å². The molecule has 0 aliphatic carbocycles. The van der Waals surface area contributed by atoms with Crippen LogP contribution in [0.5, 0.6) is 0 Å². The van der Waals surface area contributed by atoms with Gasteiger partial charge in [0.2, 0.25) is 5.91 Å². The summed E-state index contributed by atoms with van der Waals surface area (Å²) < 4.78 is 3.92. The zero-order valence-electron chi connectivity index (χ0n) is 13.0. The van der Waals surface area contributed by atoms with E-state index in [0.717, 1.165) is 10.2 Å². The molecule has 0 radical (unpaired) electrons. The fraction of sp³-hybridized carbons (Fsp3) is 0.462.